The summed E-state index contributed by atoms with van der Waals surface area (Å²) >= 11 is 0. The molecular formula is C33H52N5O5P. The smallest absolute Gasteiger partial charge is 0.352 e. The highest BCUT2D eigenvalue weighted by Gasteiger charge is 2.28. The molecule has 2 heterocycles. The normalized spacial score (nSPS) is 18.2. The number of allylic oxidation sites excluding steroid dienone is 10. The van der Waals surface area contributed by atoms with Gasteiger partial charge in [-0.2, -0.15) is 4.98 Å². The summed E-state index contributed by atoms with van der Waals surface area (Å²) in [6.07, 6.45) is 31.4. The Morgan fingerprint density at radius 2 is 1.64 bits per heavy atom. The minimum atomic E-state index is -1.31. The number of rotatable bonds is 23. The summed E-state index contributed by atoms with van der Waals surface area (Å²) < 4.78 is 19.0. The highest BCUT2D eigenvalue weighted by Crippen LogP contribution is 2.35. The van der Waals surface area contributed by atoms with Gasteiger partial charge in [-0.1, -0.05) is 67.7 Å². The first-order valence-corrected chi connectivity index (χ1v) is 17.1. The lowest BCUT2D eigenvalue weighted by atomic mass is 10.2. The van der Waals surface area contributed by atoms with Crippen molar-refractivity contribution >= 4 is 14.4 Å². The van der Waals surface area contributed by atoms with E-state index in [9.17, 15) is 9.59 Å². The Hall–Kier alpha value is -2.75. The molecule has 10 nitrogen and oxygen atoms in total. The third-order valence-electron chi connectivity index (χ3n) is 6.49. The summed E-state index contributed by atoms with van der Waals surface area (Å²) in [6.45, 7) is 7.62. The Morgan fingerprint density at radius 1 is 0.977 bits per heavy atom. The Labute approximate surface area is 264 Å². The highest BCUT2D eigenvalue weighted by molar-refractivity contribution is 7.44. The van der Waals surface area contributed by atoms with Gasteiger partial charge in [-0.15, -0.1) is 0 Å². The van der Waals surface area contributed by atoms with Gasteiger partial charge in [0, 0.05) is 19.5 Å². The van der Waals surface area contributed by atoms with Crippen LogP contribution in [0, 0.1) is 6.92 Å². The van der Waals surface area contributed by atoms with Crippen LogP contribution in [0.25, 0.3) is 0 Å². The molecule has 0 spiro atoms. The topological polar surface area (TPSA) is 117 Å². The molecule has 0 bridgehead atoms. The lowest BCUT2D eigenvalue weighted by molar-refractivity contribution is -0.121. The van der Waals surface area contributed by atoms with E-state index in [2.05, 4.69) is 88.1 Å². The number of unbranched alkanes of at least 4 members (excludes halogenated alkanes) is 1. The molecule has 44 heavy (non-hydrogen) atoms. The molecule has 2 N–H and O–H groups in total. The summed E-state index contributed by atoms with van der Waals surface area (Å²) in [5, 5.41) is 6.18. The summed E-state index contributed by atoms with van der Waals surface area (Å²) in [5.41, 5.74) is -0.362. The standard InChI is InChI=1S/C33H52N5O5P/c1-4-6-7-8-9-10-11-12-13-14-15-16-17-18-19-20-21-22-31(39)34-25-26-36-44(41-5-2)42-27-30-23-24-32(43-30)38-28-35-29(3)37-33(38)40/h6-7,9-10,12-13,15-16,18-19,28,30,32,36H,4-5,8,11,14,17,20-27H2,1-3H3,(H,34,39)/b7-6-,10-9-,13-12-,16-15-,19-18-. The number of nitrogens with zero attached hydrogens (tertiary/aromatic N) is 3. The van der Waals surface area contributed by atoms with Gasteiger partial charge in [-0.3, -0.25) is 9.36 Å². The molecule has 3 atom stereocenters. The molecule has 0 saturated carbocycles. The number of carbonyl (C=O) groups is 1. The Morgan fingerprint density at radius 3 is 2.27 bits per heavy atom. The first kappa shape index (κ1) is 37.4. The van der Waals surface area contributed by atoms with E-state index in [0.717, 1.165) is 51.4 Å². The molecule has 3 unspecified atom stereocenters. The molecular weight excluding hydrogens is 577 g/mol. The average Bonchev–Trinajstić information content (AvgIpc) is 3.48. The summed E-state index contributed by atoms with van der Waals surface area (Å²) in [6, 6.07) is 0. The van der Waals surface area contributed by atoms with Crippen LogP contribution in [0.2, 0.25) is 0 Å². The zero-order valence-corrected chi connectivity index (χ0v) is 27.6. The van der Waals surface area contributed by atoms with Crippen LogP contribution in [-0.4, -0.2) is 52.8 Å². The minimum absolute atomic E-state index is 0.0431. The van der Waals surface area contributed by atoms with E-state index in [1.165, 1.54) is 10.9 Å². The van der Waals surface area contributed by atoms with Crippen molar-refractivity contribution in [3.63, 3.8) is 0 Å². The predicted octanol–water partition coefficient (Wildman–Crippen LogP) is 6.53. The van der Waals surface area contributed by atoms with Gasteiger partial charge < -0.3 is 19.1 Å². The third-order valence-corrected chi connectivity index (χ3v) is 7.85. The monoisotopic (exact) mass is 629 g/mol. The number of carbonyl (C=O) groups excluding carboxylic acids is 1. The van der Waals surface area contributed by atoms with Crippen molar-refractivity contribution in [2.45, 2.75) is 97.3 Å². The van der Waals surface area contributed by atoms with Gasteiger partial charge >= 0.3 is 5.69 Å². The molecule has 1 aliphatic rings. The van der Waals surface area contributed by atoms with E-state index >= 15 is 0 Å². The summed E-state index contributed by atoms with van der Waals surface area (Å²) in [5.74, 6) is 0.483. The van der Waals surface area contributed by atoms with Crippen molar-refractivity contribution in [3.8, 4) is 0 Å². The quantitative estimate of drug-likeness (QED) is 0.0797. The average molecular weight is 630 g/mol. The van der Waals surface area contributed by atoms with Crippen LogP contribution in [0.15, 0.2) is 71.9 Å². The number of ether oxygens (including phenoxy) is 1. The van der Waals surface area contributed by atoms with Gasteiger partial charge in [0.15, 0.2) is 0 Å². The van der Waals surface area contributed by atoms with Crippen molar-refractivity contribution in [3.05, 3.63) is 83.4 Å². The maximum Gasteiger partial charge on any atom is 0.352 e. The van der Waals surface area contributed by atoms with Gasteiger partial charge in [0.05, 0.1) is 19.3 Å². The fourth-order valence-corrected chi connectivity index (χ4v) is 5.30. The van der Waals surface area contributed by atoms with Crippen molar-refractivity contribution < 1.29 is 18.6 Å². The van der Waals surface area contributed by atoms with Crippen LogP contribution in [0.4, 0.5) is 0 Å². The number of aromatic nitrogens is 3. The fraction of sp³-hybridized carbons (Fsp3) is 0.576. The zero-order valence-electron chi connectivity index (χ0n) is 26.7. The second kappa shape index (κ2) is 24.6. The number of aryl methyl sites for hydroxylation is 1. The van der Waals surface area contributed by atoms with Crippen molar-refractivity contribution in [1.29, 1.82) is 0 Å². The summed E-state index contributed by atoms with van der Waals surface area (Å²) in [7, 11) is -1.31. The minimum Gasteiger partial charge on any atom is -0.355 e. The van der Waals surface area contributed by atoms with Crippen LogP contribution in [-0.2, 0) is 18.6 Å². The van der Waals surface area contributed by atoms with E-state index in [1.54, 1.807) is 6.92 Å². The van der Waals surface area contributed by atoms with Crippen LogP contribution in [0.5, 0.6) is 0 Å². The Bertz CT molecular complexity index is 1130. The predicted molar refractivity (Wildman–Crippen MR) is 178 cm³/mol. The highest BCUT2D eigenvalue weighted by atomic mass is 31.2. The first-order chi connectivity index (χ1) is 21.5. The number of hydrogen-bond acceptors (Lipinski definition) is 8. The van der Waals surface area contributed by atoms with Crippen LogP contribution < -0.4 is 16.1 Å². The van der Waals surface area contributed by atoms with Gasteiger partial charge in [0.25, 0.3) is 8.53 Å². The van der Waals surface area contributed by atoms with Crippen molar-refractivity contribution in [2.75, 3.05) is 26.3 Å². The fourth-order valence-electron chi connectivity index (χ4n) is 4.21. The second-order valence-corrected chi connectivity index (χ2v) is 11.6. The molecule has 1 aliphatic heterocycles. The molecule has 0 aliphatic carbocycles. The van der Waals surface area contributed by atoms with Gasteiger partial charge in [-0.05, 0) is 71.6 Å². The molecule has 11 heteroatoms. The molecule has 0 radical (unpaired) electrons. The first-order valence-electron chi connectivity index (χ1n) is 15.9. The van der Waals surface area contributed by atoms with E-state index in [4.69, 9.17) is 13.8 Å². The second-order valence-electron chi connectivity index (χ2n) is 10.2. The van der Waals surface area contributed by atoms with Crippen LogP contribution >= 0.6 is 8.53 Å². The molecule has 1 aromatic rings. The molecule has 2 rings (SSSR count). The van der Waals surface area contributed by atoms with E-state index in [0.29, 0.717) is 45.0 Å². The molecule has 244 valence electrons. The lowest BCUT2D eigenvalue weighted by Crippen LogP contribution is -2.31. The molecule has 1 amide bonds. The Balaban J connectivity index is 1.48. The van der Waals surface area contributed by atoms with E-state index in [-0.39, 0.29) is 23.9 Å². The van der Waals surface area contributed by atoms with Gasteiger partial charge in [-0.25, -0.2) is 14.9 Å². The SMILES string of the molecule is CC/C=C\C/C=C\C/C=C\C/C=C\C/C=C\CCCC(=O)NCCNP(OCC)OCC1CCC(n2cnc(C)nc2=O)O1. The number of nitrogens with one attached hydrogen (secondary N) is 2. The van der Waals surface area contributed by atoms with Crippen LogP contribution in [0.1, 0.15) is 90.1 Å². The van der Waals surface area contributed by atoms with Crippen molar-refractivity contribution in [2.24, 2.45) is 0 Å². The molecule has 1 saturated heterocycles. The van der Waals surface area contributed by atoms with Gasteiger partial charge in [0.1, 0.15) is 18.4 Å². The molecule has 1 fully saturated rings. The van der Waals surface area contributed by atoms with E-state index in [1.807, 2.05) is 6.92 Å². The largest absolute Gasteiger partial charge is 0.355 e. The lowest BCUT2D eigenvalue weighted by Gasteiger charge is -2.20. The zero-order chi connectivity index (χ0) is 31.7. The molecule has 1 aromatic heterocycles. The number of hydrogen-bond donors (Lipinski definition) is 2. The van der Waals surface area contributed by atoms with Crippen LogP contribution in [0.3, 0.4) is 0 Å². The number of amides is 1. The molecule has 0 aromatic carbocycles. The van der Waals surface area contributed by atoms with E-state index < -0.39 is 8.53 Å². The maximum absolute atomic E-state index is 12.2. The summed E-state index contributed by atoms with van der Waals surface area (Å²) in [4.78, 5) is 32.2. The van der Waals surface area contributed by atoms with Crippen molar-refractivity contribution in [1.82, 2.24) is 24.9 Å². The van der Waals surface area contributed by atoms with Gasteiger partial charge in [0.2, 0.25) is 5.91 Å². The maximum atomic E-state index is 12.2. The Kier molecular flexibility index (Phi) is 20.9. The third kappa shape index (κ3) is 17.5.